The van der Waals surface area contributed by atoms with E-state index in [0.717, 1.165) is 0 Å². The summed E-state index contributed by atoms with van der Waals surface area (Å²) < 4.78 is 58.5. The summed E-state index contributed by atoms with van der Waals surface area (Å²) in [5.41, 5.74) is 0. The molecule has 52 valence electrons. The monoisotopic (exact) mass is 260 g/mol. The van der Waals surface area contributed by atoms with E-state index in [-0.39, 0.29) is 0 Å². The number of rotatable bonds is 1. The molecule has 0 aliphatic carbocycles. The van der Waals surface area contributed by atoms with Gasteiger partial charge in [0.1, 0.15) is 0 Å². The van der Waals surface area contributed by atoms with Crippen LogP contribution in [-0.4, -0.2) is 32.1 Å². The van der Waals surface area contributed by atoms with Crippen LogP contribution in [0.4, 0.5) is 8.44 Å². The Bertz CT molecular complexity index is 163. The second-order valence-corrected chi connectivity index (χ2v) is 11.9. The molecular weight excluding hydrogens is 259 g/mol. The van der Waals surface area contributed by atoms with Gasteiger partial charge in [0.2, 0.25) is 0 Å². The maximum absolute atomic E-state index is 10.9. The van der Waals surface area contributed by atoms with Gasteiger partial charge in [-0.05, 0) is 0 Å². The molecular formula is H2F3O3SSb. The predicted octanol–water partition coefficient (Wildman–Crippen LogP) is -0.0494. The molecule has 0 aliphatic rings. The minimum atomic E-state index is -7.49. The molecule has 8 heavy (non-hydrogen) atoms. The van der Waals surface area contributed by atoms with Gasteiger partial charge in [-0.15, -0.1) is 0 Å². The third-order valence-electron chi connectivity index (χ3n) is 0.292. The van der Waals surface area contributed by atoms with Crippen molar-refractivity contribution < 1.29 is 21.4 Å². The first-order chi connectivity index (χ1) is 3.25. The van der Waals surface area contributed by atoms with E-state index in [1.807, 2.05) is 0 Å². The van der Waals surface area contributed by atoms with Gasteiger partial charge in [-0.3, -0.25) is 0 Å². The first-order valence-electron chi connectivity index (χ1n) is 1.29. The van der Waals surface area contributed by atoms with E-state index in [0.29, 0.717) is 0 Å². The molecule has 8 heteroatoms. The summed E-state index contributed by atoms with van der Waals surface area (Å²) in [6, 6.07) is 0. The summed E-state index contributed by atoms with van der Waals surface area (Å²) >= 11 is -7.49. The second kappa shape index (κ2) is 2.04. The van der Waals surface area contributed by atoms with Crippen LogP contribution in [0, 0.1) is 0 Å². The summed E-state index contributed by atoms with van der Waals surface area (Å²) in [6.45, 7) is 0. The van der Waals surface area contributed by atoms with Gasteiger partial charge < -0.3 is 0 Å². The van der Waals surface area contributed by atoms with Crippen molar-refractivity contribution in [3.05, 3.63) is 0 Å². The zero-order valence-corrected chi connectivity index (χ0v) is 6.98. The normalized spacial score (nSPS) is 16.0. The van der Waals surface area contributed by atoms with Crippen molar-refractivity contribution in [3.8, 4) is 0 Å². The van der Waals surface area contributed by atoms with Gasteiger partial charge in [0.15, 0.2) is 0 Å². The summed E-state index contributed by atoms with van der Waals surface area (Å²) in [7, 11) is -5.63. The quantitative estimate of drug-likeness (QED) is 0.531. The van der Waals surface area contributed by atoms with Crippen LogP contribution in [0.1, 0.15) is 0 Å². The first kappa shape index (κ1) is 8.52. The summed E-state index contributed by atoms with van der Waals surface area (Å²) in [4.78, 5) is 0. The van der Waals surface area contributed by atoms with Crippen molar-refractivity contribution in [1.82, 2.24) is 0 Å². The summed E-state index contributed by atoms with van der Waals surface area (Å²) in [5, 5.41) is 0. The fourth-order valence-electron chi connectivity index (χ4n) is 0. The van der Waals surface area contributed by atoms with Gasteiger partial charge in [-0.2, -0.15) is 0 Å². The number of hydrogen-bond acceptors (Lipinski definition) is 2. The molecule has 0 heterocycles. The summed E-state index contributed by atoms with van der Waals surface area (Å²) in [5.74, 6) is 0. The average molecular weight is 261 g/mol. The van der Waals surface area contributed by atoms with Crippen LogP contribution in [0.3, 0.4) is 0 Å². The molecule has 0 unspecified atom stereocenters. The van der Waals surface area contributed by atoms with E-state index in [1.54, 1.807) is 0 Å². The van der Waals surface area contributed by atoms with Crippen LogP contribution in [0.2, 0.25) is 0 Å². The van der Waals surface area contributed by atoms with Crippen LogP contribution in [-0.2, 0) is 7.21 Å². The molecule has 0 amide bonds. The molecule has 0 aliphatic heterocycles. The maximum atomic E-state index is 10.9. The van der Waals surface area contributed by atoms with Crippen molar-refractivity contribution in [1.29, 1.82) is 0 Å². The van der Waals surface area contributed by atoms with Gasteiger partial charge in [0, 0.05) is 0 Å². The predicted molar refractivity (Wildman–Crippen MR) is 22.0 cm³/mol. The number of hydrogen-bond donors (Lipinski definition) is 1. The van der Waals surface area contributed by atoms with Crippen LogP contribution in [0.25, 0.3) is 0 Å². The first-order valence-corrected chi connectivity index (χ1v) is 9.46. The Hall–Kier alpha value is 0.518. The zero-order valence-electron chi connectivity index (χ0n) is 3.31. The van der Waals surface area contributed by atoms with Crippen LogP contribution >= 0.6 is 0 Å². The van der Waals surface area contributed by atoms with E-state index in [1.165, 1.54) is 0 Å². The van der Waals surface area contributed by atoms with E-state index in [9.17, 15) is 16.9 Å². The van der Waals surface area contributed by atoms with Crippen molar-refractivity contribution in [2.75, 3.05) is 0 Å². The molecule has 0 aromatic carbocycles. The second-order valence-electron chi connectivity index (χ2n) is 0.921. The third kappa shape index (κ3) is 2.19. The van der Waals surface area contributed by atoms with E-state index in [4.69, 9.17) is 4.55 Å². The Labute approximate surface area is 48.1 Å². The van der Waals surface area contributed by atoms with Crippen LogP contribution < -0.4 is 0 Å². The molecule has 0 rings (SSSR count). The Morgan fingerprint density at radius 1 is 1.25 bits per heavy atom. The Morgan fingerprint density at radius 3 is 1.38 bits per heavy atom. The van der Waals surface area contributed by atoms with Gasteiger partial charge in [-0.1, -0.05) is 0 Å². The van der Waals surface area contributed by atoms with Crippen LogP contribution in [0.5, 0.6) is 0 Å². The fourth-order valence-corrected chi connectivity index (χ4v) is 0. The van der Waals surface area contributed by atoms with Crippen molar-refractivity contribution in [2.45, 2.75) is 0 Å². The molecule has 0 saturated heterocycles. The molecule has 3 nitrogen and oxygen atoms in total. The third-order valence-corrected chi connectivity index (χ3v) is 5.89. The molecule has 0 fully saturated rings. The number of halogens is 3. The van der Waals surface area contributed by atoms with Crippen molar-refractivity contribution >= 4 is 26.3 Å². The average Bonchev–Trinajstić information content (AvgIpc) is 1.25. The Kier molecular flexibility index (Phi) is 2.17. The van der Waals surface area contributed by atoms with Crippen molar-refractivity contribution in [2.24, 2.45) is 0 Å². The summed E-state index contributed by atoms with van der Waals surface area (Å²) in [6.07, 6.45) is 0. The van der Waals surface area contributed by atoms with E-state index in [2.05, 4.69) is 0 Å². The van der Waals surface area contributed by atoms with Gasteiger partial charge >= 0.3 is 47.8 Å². The molecule has 0 saturated carbocycles. The molecule has 0 bridgehead atoms. The molecule has 0 aromatic heterocycles. The van der Waals surface area contributed by atoms with Crippen molar-refractivity contribution in [3.63, 3.8) is 0 Å². The standard InChI is InChI=1S/3FH.HO3S.Sb.H/c;;;1-4(2)3;;/h3*1H;(H,1,2,3);;/q;;;;+3;/p-3. The molecule has 0 aromatic rings. The van der Waals surface area contributed by atoms with Gasteiger partial charge in [-0.25, -0.2) is 0 Å². The minimum absolute atomic E-state index is 5.63. The van der Waals surface area contributed by atoms with Gasteiger partial charge in [0.25, 0.3) is 0 Å². The van der Waals surface area contributed by atoms with Crippen LogP contribution in [0.15, 0.2) is 0 Å². The van der Waals surface area contributed by atoms with Gasteiger partial charge in [0.05, 0.1) is 0 Å². The fraction of sp³-hybridized carbons (Fsp3) is 0. The molecule has 0 radical (unpaired) electrons. The topological polar surface area (TPSA) is 54.4 Å². The Morgan fingerprint density at radius 2 is 1.38 bits per heavy atom. The SMILES string of the molecule is O=[S](=O)(O)[SbH]([F])([F])[F]. The van der Waals surface area contributed by atoms with E-state index < -0.39 is 26.3 Å². The molecule has 1 N–H and O–H groups in total. The van der Waals surface area contributed by atoms with E-state index >= 15 is 0 Å². The Balaban J connectivity index is 4.53. The molecule has 0 spiro atoms. The molecule has 0 atom stereocenters. The zero-order chi connectivity index (χ0) is 7.00.